The van der Waals surface area contributed by atoms with Crippen LogP contribution in [0.4, 0.5) is 5.69 Å². The maximum atomic E-state index is 12.5. The molecule has 1 atom stereocenters. The molecule has 1 unspecified atom stereocenters. The van der Waals surface area contributed by atoms with Crippen molar-refractivity contribution in [3.8, 4) is 0 Å². The Hall–Kier alpha value is -1.60. The second-order valence-electron chi connectivity index (χ2n) is 5.22. The van der Waals surface area contributed by atoms with Gasteiger partial charge in [-0.05, 0) is 24.6 Å². The average molecular weight is 312 g/mol. The SMILES string of the molecule is CCC1CN(C(=O)c2cc(N)cc(S(C)(=O)=O)c2)CCO1. The van der Waals surface area contributed by atoms with Gasteiger partial charge >= 0.3 is 0 Å². The number of hydrogen-bond donors (Lipinski definition) is 1. The van der Waals surface area contributed by atoms with E-state index in [1.54, 1.807) is 4.90 Å². The molecule has 1 aromatic carbocycles. The van der Waals surface area contributed by atoms with E-state index in [0.29, 0.717) is 25.3 Å². The lowest BCUT2D eigenvalue weighted by atomic mass is 10.1. The topological polar surface area (TPSA) is 89.7 Å². The highest BCUT2D eigenvalue weighted by molar-refractivity contribution is 7.90. The Morgan fingerprint density at radius 3 is 2.76 bits per heavy atom. The van der Waals surface area contributed by atoms with Crippen molar-refractivity contribution in [3.63, 3.8) is 0 Å². The number of amides is 1. The van der Waals surface area contributed by atoms with E-state index < -0.39 is 9.84 Å². The smallest absolute Gasteiger partial charge is 0.254 e. The van der Waals surface area contributed by atoms with Crippen molar-refractivity contribution >= 4 is 21.4 Å². The predicted octanol–water partition coefficient (Wildman–Crippen LogP) is 0.923. The molecule has 116 valence electrons. The number of morpholine rings is 1. The highest BCUT2D eigenvalue weighted by Crippen LogP contribution is 2.19. The third-order valence-electron chi connectivity index (χ3n) is 3.49. The minimum atomic E-state index is -3.40. The summed E-state index contributed by atoms with van der Waals surface area (Å²) in [5, 5.41) is 0. The highest BCUT2D eigenvalue weighted by atomic mass is 32.2. The summed E-state index contributed by atoms with van der Waals surface area (Å²) in [4.78, 5) is 14.3. The molecule has 0 bridgehead atoms. The van der Waals surface area contributed by atoms with Gasteiger partial charge in [-0.1, -0.05) is 6.92 Å². The Bertz CT molecular complexity index is 642. The Balaban J connectivity index is 2.29. The van der Waals surface area contributed by atoms with Crippen molar-refractivity contribution in [3.05, 3.63) is 23.8 Å². The minimum Gasteiger partial charge on any atom is -0.399 e. The van der Waals surface area contributed by atoms with Gasteiger partial charge < -0.3 is 15.4 Å². The molecule has 6 nitrogen and oxygen atoms in total. The number of ether oxygens (including phenoxy) is 1. The molecule has 0 radical (unpaired) electrons. The molecule has 2 rings (SSSR count). The molecule has 1 aliphatic rings. The first-order valence-corrected chi connectivity index (χ1v) is 8.72. The van der Waals surface area contributed by atoms with Gasteiger partial charge in [0.15, 0.2) is 9.84 Å². The van der Waals surface area contributed by atoms with Crippen LogP contribution in [0.1, 0.15) is 23.7 Å². The van der Waals surface area contributed by atoms with Gasteiger partial charge in [0.2, 0.25) is 0 Å². The first kappa shape index (κ1) is 15.8. The monoisotopic (exact) mass is 312 g/mol. The first-order valence-electron chi connectivity index (χ1n) is 6.82. The third-order valence-corrected chi connectivity index (χ3v) is 4.58. The molecule has 0 saturated carbocycles. The minimum absolute atomic E-state index is 0.0261. The summed E-state index contributed by atoms with van der Waals surface area (Å²) in [6.07, 6.45) is 1.95. The van der Waals surface area contributed by atoms with E-state index in [2.05, 4.69) is 0 Å². The fourth-order valence-corrected chi connectivity index (χ4v) is 2.98. The number of nitrogens with two attached hydrogens (primary N) is 1. The van der Waals surface area contributed by atoms with Crippen LogP contribution < -0.4 is 5.73 Å². The summed E-state index contributed by atoms with van der Waals surface area (Å²) in [5.74, 6) is -0.214. The van der Waals surface area contributed by atoms with Gasteiger partial charge in [0.1, 0.15) is 0 Å². The van der Waals surface area contributed by atoms with E-state index in [-0.39, 0.29) is 22.6 Å². The number of nitrogen functional groups attached to an aromatic ring is 1. The number of carbonyl (C=O) groups excluding carboxylic acids is 1. The maximum Gasteiger partial charge on any atom is 0.254 e. The van der Waals surface area contributed by atoms with Crippen LogP contribution in [0.15, 0.2) is 23.1 Å². The molecule has 1 aliphatic heterocycles. The van der Waals surface area contributed by atoms with Crippen LogP contribution in [0.3, 0.4) is 0 Å². The molecule has 1 fully saturated rings. The molecular formula is C14H20N2O4S. The van der Waals surface area contributed by atoms with Crippen LogP contribution in [0.2, 0.25) is 0 Å². The van der Waals surface area contributed by atoms with E-state index >= 15 is 0 Å². The Morgan fingerprint density at radius 1 is 1.43 bits per heavy atom. The number of benzene rings is 1. The largest absolute Gasteiger partial charge is 0.399 e. The van der Waals surface area contributed by atoms with Gasteiger partial charge in [0.25, 0.3) is 5.91 Å². The molecule has 7 heteroatoms. The third kappa shape index (κ3) is 3.74. The molecular weight excluding hydrogens is 292 g/mol. The number of sulfone groups is 1. The molecule has 21 heavy (non-hydrogen) atoms. The van der Waals surface area contributed by atoms with Crippen molar-refractivity contribution in [1.82, 2.24) is 4.90 Å². The van der Waals surface area contributed by atoms with E-state index in [1.165, 1.54) is 18.2 Å². The molecule has 1 saturated heterocycles. The summed E-state index contributed by atoms with van der Waals surface area (Å²) >= 11 is 0. The fraction of sp³-hybridized carbons (Fsp3) is 0.500. The number of rotatable bonds is 3. The number of hydrogen-bond acceptors (Lipinski definition) is 5. The van der Waals surface area contributed by atoms with Gasteiger partial charge in [-0.3, -0.25) is 4.79 Å². The lowest BCUT2D eigenvalue weighted by Gasteiger charge is -2.32. The Morgan fingerprint density at radius 2 is 2.14 bits per heavy atom. The van der Waals surface area contributed by atoms with Gasteiger partial charge in [-0.15, -0.1) is 0 Å². The van der Waals surface area contributed by atoms with Crippen LogP contribution in [0.25, 0.3) is 0 Å². The lowest BCUT2D eigenvalue weighted by molar-refractivity contribution is -0.0226. The summed E-state index contributed by atoms with van der Waals surface area (Å²) in [6.45, 7) is 3.50. The number of anilines is 1. The van der Waals surface area contributed by atoms with Gasteiger partial charge in [0, 0.05) is 30.6 Å². The molecule has 1 amide bonds. The molecule has 0 aromatic heterocycles. The van der Waals surface area contributed by atoms with Crippen molar-refractivity contribution in [2.75, 3.05) is 31.7 Å². The Kier molecular flexibility index (Phi) is 4.53. The molecule has 2 N–H and O–H groups in total. The average Bonchev–Trinajstić information content (AvgIpc) is 2.45. The summed E-state index contributed by atoms with van der Waals surface area (Å²) < 4.78 is 28.8. The first-order chi connectivity index (χ1) is 9.81. The van der Waals surface area contributed by atoms with E-state index in [9.17, 15) is 13.2 Å². The van der Waals surface area contributed by atoms with E-state index in [4.69, 9.17) is 10.5 Å². The van der Waals surface area contributed by atoms with Crippen molar-refractivity contribution in [2.24, 2.45) is 0 Å². The summed E-state index contributed by atoms with van der Waals surface area (Å²) in [6, 6.07) is 4.25. The van der Waals surface area contributed by atoms with Gasteiger partial charge in [-0.2, -0.15) is 0 Å². The van der Waals surface area contributed by atoms with E-state index in [1.807, 2.05) is 6.92 Å². The second kappa shape index (κ2) is 6.03. The van der Waals surface area contributed by atoms with Crippen molar-refractivity contribution < 1.29 is 17.9 Å². The molecule has 0 spiro atoms. The second-order valence-corrected chi connectivity index (χ2v) is 7.23. The van der Waals surface area contributed by atoms with Crippen LogP contribution in [-0.2, 0) is 14.6 Å². The van der Waals surface area contributed by atoms with Crippen molar-refractivity contribution in [1.29, 1.82) is 0 Å². The summed E-state index contributed by atoms with van der Waals surface area (Å²) in [5.41, 5.74) is 6.28. The van der Waals surface area contributed by atoms with Gasteiger partial charge in [-0.25, -0.2) is 8.42 Å². The number of carbonyl (C=O) groups is 1. The normalized spacial score (nSPS) is 19.5. The zero-order chi connectivity index (χ0) is 15.6. The fourth-order valence-electron chi connectivity index (χ4n) is 2.29. The zero-order valence-corrected chi connectivity index (χ0v) is 13.0. The summed E-state index contributed by atoms with van der Waals surface area (Å²) in [7, 11) is -3.40. The van der Waals surface area contributed by atoms with Crippen LogP contribution >= 0.6 is 0 Å². The maximum absolute atomic E-state index is 12.5. The zero-order valence-electron chi connectivity index (χ0n) is 12.2. The quantitative estimate of drug-likeness (QED) is 0.838. The van der Waals surface area contributed by atoms with Crippen LogP contribution in [-0.4, -0.2) is 51.3 Å². The molecule has 1 heterocycles. The predicted molar refractivity (Wildman–Crippen MR) is 79.9 cm³/mol. The highest BCUT2D eigenvalue weighted by Gasteiger charge is 2.25. The van der Waals surface area contributed by atoms with E-state index in [0.717, 1.165) is 12.7 Å². The molecule has 1 aromatic rings. The molecule has 0 aliphatic carbocycles. The van der Waals surface area contributed by atoms with Crippen LogP contribution in [0, 0.1) is 0 Å². The van der Waals surface area contributed by atoms with Crippen molar-refractivity contribution in [2.45, 2.75) is 24.3 Å². The number of nitrogens with zero attached hydrogens (tertiary/aromatic N) is 1. The Labute approximate surface area is 124 Å². The standard InChI is InChI=1S/C14H20N2O4S/c1-3-12-9-16(4-5-20-12)14(17)10-6-11(15)8-13(7-10)21(2,18)19/h6-8,12H,3-5,9,15H2,1-2H3. The lowest BCUT2D eigenvalue weighted by Crippen LogP contribution is -2.45. The van der Waals surface area contributed by atoms with Gasteiger partial charge in [0.05, 0.1) is 17.6 Å². The van der Waals surface area contributed by atoms with Crippen LogP contribution in [0.5, 0.6) is 0 Å².